The fourth-order valence-corrected chi connectivity index (χ4v) is 2.58. The maximum absolute atomic E-state index is 10.5. The van der Waals surface area contributed by atoms with Crippen LogP contribution >= 0.6 is 0 Å². The highest BCUT2D eigenvalue weighted by atomic mass is 32.3. The van der Waals surface area contributed by atoms with Crippen LogP contribution in [0.5, 0.6) is 11.5 Å². The smallest absolute Gasteiger partial charge is 0.272 e. The van der Waals surface area contributed by atoms with Crippen LogP contribution in [0, 0.1) is 35.8 Å². The number of hydrogen-bond acceptors (Lipinski definition) is 12. The van der Waals surface area contributed by atoms with Gasteiger partial charge in [-0.15, -0.1) is 0 Å². The molecule has 168 valence electrons. The molecule has 16 heteroatoms. The lowest BCUT2D eigenvalue weighted by Crippen LogP contribution is -2.22. The second kappa shape index (κ2) is 11.6. The molecule has 14 nitrogen and oxygen atoms in total. The largest absolute Gasteiger partial charge is 0.726 e. The Bertz CT molecular complexity index is 1230. The van der Waals surface area contributed by atoms with Gasteiger partial charge in [0.2, 0.25) is 20.8 Å². The average Bonchev–Trinajstić information content (AvgIpc) is 2.70. The summed E-state index contributed by atoms with van der Waals surface area (Å²) in [4.78, 5) is 6.01. The SMILES string of the molecule is [C-]#[N+]/C(C#N)=c1/cc(OCCOS(=O)(=O)[O-])/c(=C(\C#N)[N+]#[C-])cc1OCCOS(=O)(=O)[O-]. The second-order valence-corrected chi connectivity index (χ2v) is 7.25. The number of rotatable bonds is 10. The molecule has 0 saturated carbocycles. The third-order valence-electron chi connectivity index (χ3n) is 3.16. The predicted molar refractivity (Wildman–Crippen MR) is 99.2 cm³/mol. The molecule has 0 atom stereocenters. The van der Waals surface area contributed by atoms with Gasteiger partial charge in [0.1, 0.15) is 24.7 Å². The topological polar surface area (TPSA) is 208 Å². The minimum absolute atomic E-state index is 0.189. The highest BCUT2D eigenvalue weighted by Crippen LogP contribution is 2.12. The molecule has 1 aromatic carbocycles. The molecule has 1 rings (SSSR count). The first-order chi connectivity index (χ1) is 15.0. The first-order valence-electron chi connectivity index (χ1n) is 7.89. The maximum Gasteiger partial charge on any atom is 0.272 e. The summed E-state index contributed by atoms with van der Waals surface area (Å²) in [6.07, 6.45) is 0. The standard InChI is InChI=1S/C16H12N4O10S2/c1-19-13(9-17)11-7-16(28-4-6-30-32(24,25)26)12(14(10-18)20-2)8-15(11)27-3-5-29-31(21,22)23/h7-8H,3-6H2,(H,21,22,23)(H,24,25,26)/p-2/b13-11-,14-12+. The van der Waals surface area contributed by atoms with Crippen LogP contribution in [-0.2, 0) is 29.2 Å². The molecule has 0 aliphatic carbocycles. The van der Waals surface area contributed by atoms with E-state index in [1.54, 1.807) is 12.1 Å². The Labute approximate surface area is 182 Å². The Morgan fingerprint density at radius 1 is 0.812 bits per heavy atom. The number of hydrogen-bond donors (Lipinski definition) is 0. The van der Waals surface area contributed by atoms with Crippen molar-refractivity contribution in [3.63, 3.8) is 0 Å². The van der Waals surface area contributed by atoms with E-state index >= 15 is 0 Å². The van der Waals surface area contributed by atoms with Crippen LogP contribution < -0.4 is 19.9 Å². The molecule has 0 aliphatic heterocycles. The van der Waals surface area contributed by atoms with Crippen LogP contribution in [0.3, 0.4) is 0 Å². The Balaban J connectivity index is 3.53. The number of benzene rings is 1. The first-order valence-corrected chi connectivity index (χ1v) is 10.6. The van der Waals surface area contributed by atoms with Gasteiger partial charge in [-0.05, 0) is 12.1 Å². The molecule has 0 unspecified atom stereocenters. The highest BCUT2D eigenvalue weighted by molar-refractivity contribution is 7.81. The van der Waals surface area contributed by atoms with Crippen molar-refractivity contribution in [2.45, 2.75) is 0 Å². The highest BCUT2D eigenvalue weighted by Gasteiger charge is 2.12. The van der Waals surface area contributed by atoms with E-state index in [4.69, 9.17) is 22.6 Å². The van der Waals surface area contributed by atoms with E-state index in [-0.39, 0.29) is 21.9 Å². The van der Waals surface area contributed by atoms with Crippen LogP contribution in [0.25, 0.3) is 21.1 Å². The molecule has 0 aromatic heterocycles. The number of nitrogens with zero attached hydrogens (tertiary/aromatic N) is 4. The van der Waals surface area contributed by atoms with Crippen molar-refractivity contribution < 1.29 is 43.8 Å². The third kappa shape index (κ3) is 8.55. The van der Waals surface area contributed by atoms with Gasteiger partial charge in [-0.25, -0.2) is 37.0 Å². The average molecular weight is 482 g/mol. The van der Waals surface area contributed by atoms with Crippen LogP contribution in [0.2, 0.25) is 0 Å². The summed E-state index contributed by atoms with van der Waals surface area (Å²) in [6, 6.07) is 5.26. The minimum atomic E-state index is -4.99. The third-order valence-corrected chi connectivity index (χ3v) is 4.08. The summed E-state index contributed by atoms with van der Waals surface area (Å²) in [5.41, 5.74) is -1.04. The normalized spacial score (nSPS) is 12.9. The predicted octanol–water partition coefficient (Wildman–Crippen LogP) is -1.50. The lowest BCUT2D eigenvalue weighted by atomic mass is 10.1. The van der Waals surface area contributed by atoms with Gasteiger partial charge in [0.15, 0.2) is 0 Å². The van der Waals surface area contributed by atoms with Gasteiger partial charge in [-0.2, -0.15) is 0 Å². The van der Waals surface area contributed by atoms with Gasteiger partial charge in [0.05, 0.1) is 38.5 Å². The first kappa shape index (κ1) is 26.3. The van der Waals surface area contributed by atoms with Crippen molar-refractivity contribution in [1.29, 1.82) is 10.5 Å². The van der Waals surface area contributed by atoms with E-state index in [0.29, 0.717) is 0 Å². The molecular formula is C16H10N4O10S2-2. The van der Waals surface area contributed by atoms with Crippen LogP contribution in [0.1, 0.15) is 0 Å². The Morgan fingerprint density at radius 3 is 1.41 bits per heavy atom. The van der Waals surface area contributed by atoms with Crippen molar-refractivity contribution in [3.05, 3.63) is 45.4 Å². The van der Waals surface area contributed by atoms with Gasteiger partial charge in [-0.3, -0.25) is 8.37 Å². The molecule has 0 bridgehead atoms. The zero-order valence-electron chi connectivity index (χ0n) is 15.7. The second-order valence-electron chi connectivity index (χ2n) is 5.15. The molecule has 0 N–H and O–H groups in total. The van der Waals surface area contributed by atoms with Gasteiger partial charge >= 0.3 is 0 Å². The molecule has 0 amide bonds. The molecular weight excluding hydrogens is 472 g/mol. The molecule has 0 heterocycles. The summed E-state index contributed by atoms with van der Waals surface area (Å²) >= 11 is 0. The van der Waals surface area contributed by atoms with Crippen molar-refractivity contribution in [3.8, 4) is 23.6 Å². The zero-order chi connectivity index (χ0) is 24.4. The Kier molecular flexibility index (Phi) is 9.53. The minimum Gasteiger partial charge on any atom is -0.726 e. The van der Waals surface area contributed by atoms with E-state index in [1.165, 1.54) is 0 Å². The summed E-state index contributed by atoms with van der Waals surface area (Å²) < 4.78 is 81.4. The molecule has 32 heavy (non-hydrogen) atoms. The molecule has 0 aliphatic rings. The quantitative estimate of drug-likeness (QED) is 0.161. The van der Waals surface area contributed by atoms with Crippen molar-refractivity contribution in [1.82, 2.24) is 0 Å². The molecule has 0 saturated heterocycles. The molecule has 0 spiro atoms. The van der Waals surface area contributed by atoms with Crippen molar-refractivity contribution in [2.75, 3.05) is 26.4 Å². The van der Waals surface area contributed by atoms with Crippen LogP contribution in [-0.4, -0.2) is 52.4 Å². The van der Waals surface area contributed by atoms with Crippen LogP contribution in [0.4, 0.5) is 0 Å². The number of nitriles is 2. The Morgan fingerprint density at radius 2 is 1.16 bits per heavy atom. The van der Waals surface area contributed by atoms with E-state index in [1.807, 2.05) is 0 Å². The van der Waals surface area contributed by atoms with Gasteiger partial charge in [0.25, 0.3) is 11.4 Å². The number of ether oxygens (including phenoxy) is 2. The summed E-state index contributed by atoms with van der Waals surface area (Å²) in [7, 11) is -9.99. The summed E-state index contributed by atoms with van der Waals surface area (Å²) in [5, 5.41) is 18.0. The van der Waals surface area contributed by atoms with Gasteiger partial charge in [-0.1, -0.05) is 0 Å². The van der Waals surface area contributed by atoms with Gasteiger partial charge in [0, 0.05) is 10.4 Å². The van der Waals surface area contributed by atoms with Gasteiger partial charge < -0.3 is 18.6 Å². The monoisotopic (exact) mass is 482 g/mol. The Hall–Kier alpha value is -3.74. The lowest BCUT2D eigenvalue weighted by Gasteiger charge is -2.13. The zero-order valence-corrected chi connectivity index (χ0v) is 17.3. The maximum atomic E-state index is 10.5. The van der Waals surface area contributed by atoms with E-state index < -0.39 is 58.6 Å². The fourth-order valence-electron chi connectivity index (χ4n) is 2.04. The lowest BCUT2D eigenvalue weighted by molar-refractivity contribution is 0.194. The van der Waals surface area contributed by atoms with E-state index in [2.05, 4.69) is 18.1 Å². The molecule has 0 radical (unpaired) electrons. The summed E-state index contributed by atoms with van der Waals surface area (Å²) in [5.74, 6) is -0.497. The van der Waals surface area contributed by atoms with Crippen molar-refractivity contribution >= 4 is 32.2 Å². The summed E-state index contributed by atoms with van der Waals surface area (Å²) in [6.45, 7) is 11.7. The van der Waals surface area contributed by atoms with Crippen molar-refractivity contribution in [2.24, 2.45) is 0 Å². The van der Waals surface area contributed by atoms with Crippen LogP contribution in [0.15, 0.2) is 12.1 Å². The molecule has 0 fully saturated rings. The fraction of sp³-hybridized carbons (Fsp3) is 0.250. The van der Waals surface area contributed by atoms with E-state index in [9.17, 15) is 36.5 Å². The van der Waals surface area contributed by atoms with E-state index in [0.717, 1.165) is 12.1 Å². The molecule has 1 aromatic rings.